The third-order valence-corrected chi connectivity index (χ3v) is 2.63. The molecule has 0 bridgehead atoms. The first-order valence-electron chi connectivity index (χ1n) is 5.35. The number of benzene rings is 1. The standard InChI is InChI=1S/C11H14N4O2/c12-15-11(17)13-4-3-7-1-2-9-8(5-7)6-10(16)14-9/h1-2,5H,3-4,6,12H2,(H,14,16)(H2,13,15,17). The molecule has 1 aliphatic heterocycles. The van der Waals surface area contributed by atoms with Crippen molar-refractivity contribution in [1.29, 1.82) is 0 Å². The number of rotatable bonds is 3. The van der Waals surface area contributed by atoms with Gasteiger partial charge < -0.3 is 10.6 Å². The smallest absolute Gasteiger partial charge is 0.328 e. The largest absolute Gasteiger partial charge is 0.337 e. The Hall–Kier alpha value is -2.08. The van der Waals surface area contributed by atoms with E-state index in [1.54, 1.807) is 0 Å². The van der Waals surface area contributed by atoms with Crippen LogP contribution in [0.4, 0.5) is 10.5 Å². The fraction of sp³-hybridized carbons (Fsp3) is 0.273. The molecule has 0 saturated carbocycles. The number of fused-ring (bicyclic) bond motifs is 1. The number of amides is 3. The van der Waals surface area contributed by atoms with Gasteiger partial charge in [0, 0.05) is 12.2 Å². The van der Waals surface area contributed by atoms with E-state index in [0.29, 0.717) is 19.4 Å². The average Bonchev–Trinajstić information content (AvgIpc) is 2.68. The first kappa shape index (κ1) is 11.4. The molecule has 6 heteroatoms. The van der Waals surface area contributed by atoms with Crippen molar-refractivity contribution < 1.29 is 9.59 Å². The van der Waals surface area contributed by atoms with E-state index in [1.807, 2.05) is 23.6 Å². The molecule has 3 amide bonds. The zero-order chi connectivity index (χ0) is 12.3. The number of carbonyl (C=O) groups is 2. The molecule has 1 aromatic rings. The Morgan fingerprint density at radius 3 is 3.06 bits per heavy atom. The number of nitrogens with one attached hydrogen (secondary N) is 3. The topological polar surface area (TPSA) is 96.2 Å². The van der Waals surface area contributed by atoms with Crippen molar-refractivity contribution in [3.63, 3.8) is 0 Å². The zero-order valence-electron chi connectivity index (χ0n) is 9.25. The summed E-state index contributed by atoms with van der Waals surface area (Å²) in [5.74, 6) is 4.96. The first-order valence-corrected chi connectivity index (χ1v) is 5.35. The lowest BCUT2D eigenvalue weighted by Crippen LogP contribution is -2.40. The van der Waals surface area contributed by atoms with Crippen LogP contribution in [0.25, 0.3) is 0 Å². The Kier molecular flexibility index (Phi) is 3.24. The molecule has 0 aromatic heterocycles. The van der Waals surface area contributed by atoms with Gasteiger partial charge in [-0.3, -0.25) is 10.2 Å². The van der Waals surface area contributed by atoms with Crippen molar-refractivity contribution in [2.75, 3.05) is 11.9 Å². The summed E-state index contributed by atoms with van der Waals surface area (Å²) in [7, 11) is 0. The van der Waals surface area contributed by atoms with Gasteiger partial charge in [-0.25, -0.2) is 10.6 Å². The Labute approximate surface area is 98.5 Å². The molecular formula is C11H14N4O2. The van der Waals surface area contributed by atoms with E-state index in [2.05, 4.69) is 10.6 Å². The van der Waals surface area contributed by atoms with Crippen LogP contribution in [0, 0.1) is 0 Å². The van der Waals surface area contributed by atoms with Crippen LogP contribution in [0.3, 0.4) is 0 Å². The third-order valence-electron chi connectivity index (χ3n) is 2.63. The van der Waals surface area contributed by atoms with Crippen LogP contribution < -0.4 is 21.9 Å². The SMILES string of the molecule is NNC(=O)NCCc1ccc2c(c1)CC(=O)N2. The van der Waals surface area contributed by atoms with Crippen LogP contribution in [0.1, 0.15) is 11.1 Å². The second kappa shape index (κ2) is 4.84. The summed E-state index contributed by atoms with van der Waals surface area (Å²) >= 11 is 0. The average molecular weight is 234 g/mol. The molecular weight excluding hydrogens is 220 g/mol. The lowest BCUT2D eigenvalue weighted by Gasteiger charge is -2.05. The number of urea groups is 1. The second-order valence-corrected chi connectivity index (χ2v) is 3.87. The molecule has 5 N–H and O–H groups in total. The lowest BCUT2D eigenvalue weighted by atomic mass is 10.1. The number of hydrogen-bond acceptors (Lipinski definition) is 3. The maximum atomic E-state index is 11.2. The minimum atomic E-state index is -0.400. The fourth-order valence-electron chi connectivity index (χ4n) is 1.81. The molecule has 1 heterocycles. The maximum Gasteiger partial charge on any atom is 0.328 e. The molecule has 1 aromatic carbocycles. The van der Waals surface area contributed by atoms with E-state index >= 15 is 0 Å². The molecule has 90 valence electrons. The van der Waals surface area contributed by atoms with Gasteiger partial charge in [-0.2, -0.15) is 0 Å². The van der Waals surface area contributed by atoms with Crippen molar-refractivity contribution in [2.45, 2.75) is 12.8 Å². The predicted molar refractivity (Wildman–Crippen MR) is 63.2 cm³/mol. The second-order valence-electron chi connectivity index (χ2n) is 3.87. The third kappa shape index (κ3) is 2.73. The van der Waals surface area contributed by atoms with E-state index in [1.165, 1.54) is 0 Å². The summed E-state index contributed by atoms with van der Waals surface area (Å²) in [6.45, 7) is 0.503. The van der Waals surface area contributed by atoms with Gasteiger partial charge in [0.15, 0.2) is 0 Å². The minimum absolute atomic E-state index is 0.0257. The quantitative estimate of drug-likeness (QED) is 0.334. The van der Waals surface area contributed by atoms with Crippen molar-refractivity contribution >= 4 is 17.6 Å². The lowest BCUT2D eigenvalue weighted by molar-refractivity contribution is -0.115. The highest BCUT2D eigenvalue weighted by Gasteiger charge is 2.17. The highest BCUT2D eigenvalue weighted by Crippen LogP contribution is 2.23. The molecule has 1 aliphatic rings. The predicted octanol–water partition coefficient (Wildman–Crippen LogP) is -0.103. The summed E-state index contributed by atoms with van der Waals surface area (Å²) in [6, 6.07) is 5.41. The van der Waals surface area contributed by atoms with Crippen LogP contribution in [0.5, 0.6) is 0 Å². The van der Waals surface area contributed by atoms with Gasteiger partial charge in [0.05, 0.1) is 6.42 Å². The highest BCUT2D eigenvalue weighted by molar-refractivity contribution is 5.99. The van der Waals surface area contributed by atoms with Crippen LogP contribution in [-0.2, 0) is 17.6 Å². The van der Waals surface area contributed by atoms with E-state index in [-0.39, 0.29) is 5.91 Å². The molecule has 0 unspecified atom stereocenters. The summed E-state index contributed by atoms with van der Waals surface area (Å²) in [6.07, 6.45) is 1.13. The van der Waals surface area contributed by atoms with Gasteiger partial charge >= 0.3 is 6.03 Å². The number of hydrazine groups is 1. The molecule has 0 aliphatic carbocycles. The zero-order valence-corrected chi connectivity index (χ0v) is 9.25. The van der Waals surface area contributed by atoms with Gasteiger partial charge in [-0.15, -0.1) is 0 Å². The molecule has 6 nitrogen and oxygen atoms in total. The van der Waals surface area contributed by atoms with Gasteiger partial charge in [0.2, 0.25) is 5.91 Å². The van der Waals surface area contributed by atoms with Gasteiger partial charge in [0.25, 0.3) is 0 Å². The number of hydrogen-bond donors (Lipinski definition) is 4. The summed E-state index contributed by atoms with van der Waals surface area (Å²) in [5, 5.41) is 5.37. The Balaban J connectivity index is 1.93. The van der Waals surface area contributed by atoms with Crippen LogP contribution >= 0.6 is 0 Å². The highest BCUT2D eigenvalue weighted by atomic mass is 16.2. The minimum Gasteiger partial charge on any atom is -0.337 e. The van der Waals surface area contributed by atoms with E-state index in [0.717, 1.165) is 16.8 Å². The van der Waals surface area contributed by atoms with Crippen LogP contribution in [-0.4, -0.2) is 18.5 Å². The molecule has 17 heavy (non-hydrogen) atoms. The van der Waals surface area contributed by atoms with Gasteiger partial charge in [0.1, 0.15) is 0 Å². The normalized spacial score (nSPS) is 12.9. The van der Waals surface area contributed by atoms with Crippen molar-refractivity contribution in [3.8, 4) is 0 Å². The molecule has 0 fully saturated rings. The maximum absolute atomic E-state index is 11.2. The Morgan fingerprint density at radius 2 is 2.29 bits per heavy atom. The van der Waals surface area contributed by atoms with Crippen molar-refractivity contribution in [2.24, 2.45) is 5.84 Å². The monoisotopic (exact) mass is 234 g/mol. The van der Waals surface area contributed by atoms with Crippen molar-refractivity contribution in [3.05, 3.63) is 29.3 Å². The van der Waals surface area contributed by atoms with Crippen LogP contribution in [0.15, 0.2) is 18.2 Å². The summed E-state index contributed by atoms with van der Waals surface area (Å²) < 4.78 is 0. The Morgan fingerprint density at radius 1 is 1.47 bits per heavy atom. The molecule has 0 radical (unpaired) electrons. The molecule has 0 saturated heterocycles. The molecule has 2 rings (SSSR count). The van der Waals surface area contributed by atoms with E-state index < -0.39 is 6.03 Å². The summed E-state index contributed by atoms with van der Waals surface area (Å²) in [4.78, 5) is 22.0. The first-order chi connectivity index (χ1) is 8.19. The van der Waals surface area contributed by atoms with Gasteiger partial charge in [-0.05, 0) is 23.6 Å². The summed E-state index contributed by atoms with van der Waals surface area (Å²) in [5.41, 5.74) is 4.97. The molecule has 0 spiro atoms. The van der Waals surface area contributed by atoms with Crippen LogP contribution in [0.2, 0.25) is 0 Å². The van der Waals surface area contributed by atoms with E-state index in [4.69, 9.17) is 5.84 Å². The van der Waals surface area contributed by atoms with Crippen molar-refractivity contribution in [1.82, 2.24) is 10.7 Å². The van der Waals surface area contributed by atoms with E-state index in [9.17, 15) is 9.59 Å². The molecule has 0 atom stereocenters. The number of nitrogens with two attached hydrogens (primary N) is 1. The Bertz CT molecular complexity index is 459. The number of carbonyl (C=O) groups excluding carboxylic acids is 2. The van der Waals surface area contributed by atoms with Gasteiger partial charge in [-0.1, -0.05) is 12.1 Å². The number of anilines is 1. The fourth-order valence-corrected chi connectivity index (χ4v) is 1.81.